The van der Waals surface area contributed by atoms with Crippen LogP contribution in [0.1, 0.15) is 57.9 Å². The number of H-pyrrole nitrogens is 1. The Kier molecular flexibility index (Phi) is 10.7. The number of ether oxygens (including phenoxy) is 3. The van der Waals surface area contributed by atoms with E-state index >= 15 is 0 Å². The first-order valence-corrected chi connectivity index (χ1v) is 14.3. The number of nitrogens with one attached hydrogen (secondary N) is 2. The number of nitro groups is 1. The lowest BCUT2D eigenvalue weighted by Crippen LogP contribution is -2.32. The van der Waals surface area contributed by atoms with Gasteiger partial charge in [-0.1, -0.05) is 42.5 Å². The molecule has 11 nitrogen and oxygen atoms in total. The van der Waals surface area contributed by atoms with E-state index < -0.39 is 22.8 Å². The molecule has 226 valence electrons. The van der Waals surface area contributed by atoms with Gasteiger partial charge in [0.15, 0.2) is 0 Å². The van der Waals surface area contributed by atoms with Crippen LogP contribution >= 0.6 is 0 Å². The third-order valence-corrected chi connectivity index (χ3v) is 7.05. The van der Waals surface area contributed by atoms with Crippen LogP contribution in [-0.2, 0) is 19.1 Å². The molecule has 3 aromatic rings. The molecule has 0 spiro atoms. The molecule has 0 bridgehead atoms. The molecule has 2 aromatic carbocycles. The molecular weight excluding hydrogens is 552 g/mol. The summed E-state index contributed by atoms with van der Waals surface area (Å²) in [6.45, 7) is 5.96. The molecule has 1 atom stereocenters. The van der Waals surface area contributed by atoms with Crippen molar-refractivity contribution in [1.29, 1.82) is 0 Å². The van der Waals surface area contributed by atoms with Gasteiger partial charge < -0.3 is 19.5 Å². The molecule has 0 amide bonds. The van der Waals surface area contributed by atoms with Gasteiger partial charge in [-0.15, -0.1) is 5.10 Å². The SMILES string of the molecule is CCOC(=O)C1=C(C)NC(C)=C(C(=O)OCCCCCCOc2cc(-c3ccccc3)[nH]n2)C1c1cccc([N+](=O)[O-])c1. The van der Waals surface area contributed by atoms with Gasteiger partial charge in [0, 0.05) is 29.6 Å². The van der Waals surface area contributed by atoms with Gasteiger partial charge in [-0.25, -0.2) is 9.59 Å². The second kappa shape index (κ2) is 14.8. The van der Waals surface area contributed by atoms with Crippen molar-refractivity contribution in [3.63, 3.8) is 0 Å². The van der Waals surface area contributed by atoms with Crippen molar-refractivity contribution >= 4 is 17.6 Å². The zero-order valence-electron chi connectivity index (χ0n) is 24.6. The van der Waals surface area contributed by atoms with E-state index in [9.17, 15) is 19.7 Å². The Balaban J connectivity index is 1.31. The Morgan fingerprint density at radius 2 is 1.56 bits per heavy atom. The predicted octanol–water partition coefficient (Wildman–Crippen LogP) is 5.97. The molecule has 1 aliphatic rings. The molecule has 4 rings (SSSR count). The number of rotatable bonds is 14. The lowest BCUT2D eigenvalue weighted by Gasteiger charge is -2.30. The minimum absolute atomic E-state index is 0.140. The maximum absolute atomic E-state index is 13.4. The molecule has 0 aliphatic carbocycles. The van der Waals surface area contributed by atoms with Crippen molar-refractivity contribution in [3.05, 3.63) is 98.9 Å². The van der Waals surface area contributed by atoms with E-state index in [0.717, 1.165) is 30.5 Å². The van der Waals surface area contributed by atoms with Crippen molar-refractivity contribution in [2.24, 2.45) is 0 Å². The standard InChI is InChI=1S/C32H36N4O7/c1-4-41-31(37)28-21(2)33-22(3)29(30(28)24-15-12-16-25(19-24)36(39)40)32(38)43-18-11-6-5-10-17-42-27-20-26(34-35-27)23-13-8-7-9-14-23/h7-9,12-16,19-20,30,33H,4-6,10-11,17-18H2,1-3H3,(H,34,35). The van der Waals surface area contributed by atoms with Crippen LogP contribution < -0.4 is 10.1 Å². The summed E-state index contributed by atoms with van der Waals surface area (Å²) in [6, 6.07) is 17.7. The fourth-order valence-electron chi connectivity index (χ4n) is 5.02. The highest BCUT2D eigenvalue weighted by Crippen LogP contribution is 2.40. The van der Waals surface area contributed by atoms with Crippen molar-refractivity contribution in [2.75, 3.05) is 19.8 Å². The monoisotopic (exact) mass is 588 g/mol. The Hall–Kier alpha value is -4.93. The molecule has 2 heterocycles. The number of dihydropyridines is 1. The largest absolute Gasteiger partial charge is 0.477 e. The molecule has 1 aromatic heterocycles. The fourth-order valence-corrected chi connectivity index (χ4v) is 5.02. The van der Waals surface area contributed by atoms with E-state index in [1.54, 1.807) is 26.8 Å². The lowest BCUT2D eigenvalue weighted by atomic mass is 9.80. The zero-order valence-corrected chi connectivity index (χ0v) is 24.6. The summed E-state index contributed by atoms with van der Waals surface area (Å²) in [7, 11) is 0. The van der Waals surface area contributed by atoms with E-state index in [1.807, 2.05) is 36.4 Å². The number of carbonyl (C=O) groups is 2. The number of benzene rings is 2. The molecule has 0 fully saturated rings. The highest BCUT2D eigenvalue weighted by Gasteiger charge is 2.38. The first-order valence-electron chi connectivity index (χ1n) is 14.3. The highest BCUT2D eigenvalue weighted by atomic mass is 16.6. The summed E-state index contributed by atoms with van der Waals surface area (Å²) in [5.41, 5.74) is 3.67. The van der Waals surface area contributed by atoms with Gasteiger partial charge in [-0.05, 0) is 57.6 Å². The van der Waals surface area contributed by atoms with Crippen molar-refractivity contribution < 1.29 is 28.7 Å². The average Bonchev–Trinajstić information content (AvgIpc) is 3.47. The molecule has 2 N–H and O–H groups in total. The fraction of sp³-hybridized carbons (Fsp3) is 0.344. The number of hydrogen-bond acceptors (Lipinski definition) is 9. The summed E-state index contributed by atoms with van der Waals surface area (Å²) in [6.07, 6.45) is 3.16. The van der Waals surface area contributed by atoms with Crippen LogP contribution in [0.3, 0.4) is 0 Å². The number of hydrogen-bond donors (Lipinski definition) is 2. The second-order valence-corrected chi connectivity index (χ2v) is 10.1. The van der Waals surface area contributed by atoms with Gasteiger partial charge in [0.1, 0.15) is 0 Å². The van der Waals surface area contributed by atoms with Crippen LogP contribution in [0.15, 0.2) is 83.2 Å². The number of aromatic amines is 1. The number of non-ortho nitro benzene ring substituents is 1. The van der Waals surface area contributed by atoms with Crippen LogP contribution in [0.25, 0.3) is 11.3 Å². The maximum Gasteiger partial charge on any atom is 0.336 e. The summed E-state index contributed by atoms with van der Waals surface area (Å²) in [4.78, 5) is 37.3. The van der Waals surface area contributed by atoms with Gasteiger partial charge in [-0.2, -0.15) is 0 Å². The molecule has 0 radical (unpaired) electrons. The van der Waals surface area contributed by atoms with Gasteiger partial charge >= 0.3 is 11.9 Å². The first kappa shape index (κ1) is 31.0. The smallest absolute Gasteiger partial charge is 0.336 e. The Bertz CT molecular complexity index is 1510. The summed E-state index contributed by atoms with van der Waals surface area (Å²) in [5, 5.41) is 21.7. The maximum atomic E-state index is 13.4. The molecule has 1 unspecified atom stereocenters. The Morgan fingerprint density at radius 1 is 0.884 bits per heavy atom. The number of allylic oxidation sites excluding steroid dienone is 2. The predicted molar refractivity (Wildman–Crippen MR) is 160 cm³/mol. The zero-order chi connectivity index (χ0) is 30.8. The van der Waals surface area contributed by atoms with E-state index in [0.29, 0.717) is 35.9 Å². The van der Waals surface area contributed by atoms with Crippen molar-refractivity contribution in [1.82, 2.24) is 15.5 Å². The molecule has 1 aliphatic heterocycles. The van der Waals surface area contributed by atoms with Crippen LogP contribution in [0, 0.1) is 10.1 Å². The number of nitro benzene ring substituents is 1. The second-order valence-electron chi connectivity index (χ2n) is 10.1. The Labute approximate surface area is 250 Å². The molecule has 0 saturated carbocycles. The highest BCUT2D eigenvalue weighted by molar-refractivity contribution is 6.00. The lowest BCUT2D eigenvalue weighted by molar-refractivity contribution is -0.384. The minimum Gasteiger partial charge on any atom is -0.477 e. The van der Waals surface area contributed by atoms with E-state index in [1.165, 1.54) is 18.2 Å². The average molecular weight is 589 g/mol. The van der Waals surface area contributed by atoms with E-state index in [2.05, 4.69) is 15.5 Å². The number of esters is 2. The van der Waals surface area contributed by atoms with Crippen molar-refractivity contribution in [3.8, 4) is 17.1 Å². The number of unbranched alkanes of at least 4 members (excludes halogenated alkanes) is 3. The van der Waals surface area contributed by atoms with Gasteiger partial charge in [-0.3, -0.25) is 15.2 Å². The molecule has 0 saturated heterocycles. The summed E-state index contributed by atoms with van der Waals surface area (Å²) < 4.78 is 16.7. The van der Waals surface area contributed by atoms with Crippen LogP contribution in [-0.4, -0.2) is 46.9 Å². The van der Waals surface area contributed by atoms with Gasteiger partial charge in [0.25, 0.3) is 5.69 Å². The third-order valence-electron chi connectivity index (χ3n) is 7.05. The molecule has 43 heavy (non-hydrogen) atoms. The van der Waals surface area contributed by atoms with Crippen molar-refractivity contribution in [2.45, 2.75) is 52.4 Å². The number of nitrogens with zero attached hydrogens (tertiary/aromatic N) is 2. The number of carbonyl (C=O) groups excluding carboxylic acids is 2. The molecule has 11 heteroatoms. The van der Waals surface area contributed by atoms with Gasteiger partial charge in [0.2, 0.25) is 5.88 Å². The normalized spacial score (nSPS) is 14.7. The molecular formula is C32H36N4O7. The van der Waals surface area contributed by atoms with E-state index in [4.69, 9.17) is 14.2 Å². The number of aromatic nitrogens is 2. The van der Waals surface area contributed by atoms with Crippen LogP contribution in [0.4, 0.5) is 5.69 Å². The summed E-state index contributed by atoms with van der Waals surface area (Å²) >= 11 is 0. The van der Waals surface area contributed by atoms with Crippen LogP contribution in [0.2, 0.25) is 0 Å². The minimum atomic E-state index is -0.880. The third kappa shape index (κ3) is 7.88. The Morgan fingerprint density at radius 3 is 2.23 bits per heavy atom. The first-order chi connectivity index (χ1) is 20.8. The quantitative estimate of drug-likeness (QED) is 0.101. The van der Waals surface area contributed by atoms with Crippen LogP contribution in [0.5, 0.6) is 5.88 Å². The van der Waals surface area contributed by atoms with Gasteiger partial charge in [0.05, 0.1) is 47.5 Å². The summed E-state index contributed by atoms with van der Waals surface area (Å²) in [5.74, 6) is -1.53. The topological polar surface area (TPSA) is 146 Å². The van der Waals surface area contributed by atoms with E-state index in [-0.39, 0.29) is 30.0 Å².